The molecule has 6 nitrogen and oxygen atoms in total. The summed E-state index contributed by atoms with van der Waals surface area (Å²) in [5, 5.41) is 14.7. The normalized spacial score (nSPS) is 12.0. The van der Waals surface area contributed by atoms with Gasteiger partial charge in [-0.1, -0.05) is 23.7 Å². The molecule has 1 aromatic carbocycles. The maximum Gasteiger partial charge on any atom is 0.407 e. The second-order valence-electron chi connectivity index (χ2n) is 5.86. The molecule has 2 amide bonds. The van der Waals surface area contributed by atoms with Crippen molar-refractivity contribution in [3.8, 4) is 6.07 Å². The molecule has 0 bridgehead atoms. The average Bonchev–Trinajstić information content (AvgIpc) is 2.42. The Morgan fingerprint density at radius 1 is 1.39 bits per heavy atom. The lowest BCUT2D eigenvalue weighted by Crippen LogP contribution is -2.35. The van der Waals surface area contributed by atoms with Gasteiger partial charge >= 0.3 is 6.09 Å². The van der Waals surface area contributed by atoms with Crippen molar-refractivity contribution in [2.45, 2.75) is 38.8 Å². The first-order valence-corrected chi connectivity index (χ1v) is 7.50. The minimum absolute atomic E-state index is 0.0397. The van der Waals surface area contributed by atoms with Crippen LogP contribution in [0, 0.1) is 11.3 Å². The van der Waals surface area contributed by atoms with Gasteiger partial charge in [0.15, 0.2) is 0 Å². The topological polar surface area (TPSA) is 91.2 Å². The Morgan fingerprint density at radius 2 is 2.09 bits per heavy atom. The molecule has 124 valence electrons. The van der Waals surface area contributed by atoms with Gasteiger partial charge in [0.1, 0.15) is 11.6 Å². The highest BCUT2D eigenvalue weighted by molar-refractivity contribution is 6.30. The number of carbonyl (C=O) groups is 2. The number of nitrogens with one attached hydrogen (secondary N) is 2. The third-order valence-corrected chi connectivity index (χ3v) is 2.87. The lowest BCUT2D eigenvalue weighted by molar-refractivity contribution is -0.121. The van der Waals surface area contributed by atoms with Crippen LogP contribution in [0.25, 0.3) is 0 Å². The predicted molar refractivity (Wildman–Crippen MR) is 86.8 cm³/mol. The molecule has 0 heterocycles. The molecule has 0 unspecified atom stereocenters. The van der Waals surface area contributed by atoms with Crippen molar-refractivity contribution in [2.24, 2.45) is 0 Å². The third kappa shape index (κ3) is 7.52. The molecule has 0 fully saturated rings. The summed E-state index contributed by atoms with van der Waals surface area (Å²) >= 11 is 5.87. The van der Waals surface area contributed by atoms with E-state index in [-0.39, 0.29) is 18.9 Å². The van der Waals surface area contributed by atoms with Crippen LogP contribution in [0.4, 0.5) is 4.79 Å². The van der Waals surface area contributed by atoms with Crippen LogP contribution in [-0.4, -0.2) is 24.1 Å². The van der Waals surface area contributed by atoms with Crippen molar-refractivity contribution in [1.82, 2.24) is 10.6 Å². The summed E-state index contributed by atoms with van der Waals surface area (Å²) < 4.78 is 5.06. The van der Waals surface area contributed by atoms with E-state index in [4.69, 9.17) is 21.6 Å². The van der Waals surface area contributed by atoms with E-state index >= 15 is 0 Å². The molecule has 0 aliphatic carbocycles. The standard InChI is InChI=1S/C16H20ClN3O3/c1-16(2,3)23-15(22)19-8-7-14(21)20-13(10-18)11-5-4-6-12(17)9-11/h4-6,9,13H,7-8H2,1-3H3,(H,19,22)(H,20,21)/t13-/m0/s1. The first-order valence-electron chi connectivity index (χ1n) is 7.12. The number of carbonyl (C=O) groups excluding carboxylic acids is 2. The van der Waals surface area contributed by atoms with E-state index in [1.807, 2.05) is 6.07 Å². The molecule has 1 rings (SSSR count). The maximum atomic E-state index is 11.9. The van der Waals surface area contributed by atoms with Crippen molar-refractivity contribution in [3.05, 3.63) is 34.9 Å². The fourth-order valence-electron chi connectivity index (χ4n) is 1.70. The van der Waals surface area contributed by atoms with Crippen molar-refractivity contribution in [2.75, 3.05) is 6.54 Å². The van der Waals surface area contributed by atoms with Crippen molar-refractivity contribution in [1.29, 1.82) is 5.26 Å². The predicted octanol–water partition coefficient (Wildman–Crippen LogP) is 2.94. The maximum absolute atomic E-state index is 11.9. The number of alkyl carbamates (subject to hydrolysis) is 1. The Morgan fingerprint density at radius 3 is 2.65 bits per heavy atom. The van der Waals surface area contributed by atoms with Gasteiger partial charge in [0, 0.05) is 18.0 Å². The smallest absolute Gasteiger partial charge is 0.407 e. The van der Waals surface area contributed by atoms with E-state index in [9.17, 15) is 9.59 Å². The van der Waals surface area contributed by atoms with Crippen LogP contribution in [0.1, 0.15) is 38.8 Å². The molecule has 23 heavy (non-hydrogen) atoms. The van der Waals surface area contributed by atoms with Crippen LogP contribution in [0.15, 0.2) is 24.3 Å². The van der Waals surface area contributed by atoms with E-state index in [1.54, 1.807) is 45.0 Å². The molecule has 1 aromatic rings. The molecule has 0 aromatic heterocycles. The minimum atomic E-state index is -0.789. The van der Waals surface area contributed by atoms with Gasteiger partial charge in [-0.3, -0.25) is 4.79 Å². The van der Waals surface area contributed by atoms with Crippen LogP contribution >= 0.6 is 11.6 Å². The number of nitrogens with zero attached hydrogens (tertiary/aromatic N) is 1. The van der Waals surface area contributed by atoms with Gasteiger partial charge in [-0.05, 0) is 38.5 Å². The molecule has 0 aliphatic rings. The number of hydrogen-bond donors (Lipinski definition) is 2. The van der Waals surface area contributed by atoms with E-state index in [0.29, 0.717) is 10.6 Å². The molecule has 0 spiro atoms. The Balaban J connectivity index is 2.44. The summed E-state index contributed by atoms with van der Waals surface area (Å²) in [4.78, 5) is 23.3. The molecule has 0 saturated carbocycles. The molecule has 1 atom stereocenters. The summed E-state index contributed by atoms with van der Waals surface area (Å²) in [6.07, 6.45) is -0.546. The minimum Gasteiger partial charge on any atom is -0.444 e. The highest BCUT2D eigenvalue weighted by Gasteiger charge is 2.17. The highest BCUT2D eigenvalue weighted by Crippen LogP contribution is 2.17. The van der Waals surface area contributed by atoms with Gasteiger partial charge in [-0.2, -0.15) is 5.26 Å². The van der Waals surface area contributed by atoms with Gasteiger partial charge in [0.05, 0.1) is 6.07 Å². The van der Waals surface area contributed by atoms with Crippen molar-refractivity contribution >= 4 is 23.6 Å². The molecule has 7 heteroatoms. The highest BCUT2D eigenvalue weighted by atomic mass is 35.5. The Bertz CT molecular complexity index is 605. The summed E-state index contributed by atoms with van der Waals surface area (Å²) in [6, 6.07) is 7.94. The van der Waals surface area contributed by atoms with Crippen LogP contribution in [-0.2, 0) is 9.53 Å². The van der Waals surface area contributed by atoms with Gasteiger partial charge in [0.2, 0.25) is 5.91 Å². The van der Waals surface area contributed by atoms with Crippen LogP contribution in [0.5, 0.6) is 0 Å². The van der Waals surface area contributed by atoms with Crippen LogP contribution in [0.2, 0.25) is 5.02 Å². The zero-order chi connectivity index (χ0) is 17.5. The van der Waals surface area contributed by atoms with E-state index in [0.717, 1.165) is 0 Å². The fraction of sp³-hybridized carbons (Fsp3) is 0.438. The van der Waals surface area contributed by atoms with E-state index < -0.39 is 17.7 Å². The lowest BCUT2D eigenvalue weighted by Gasteiger charge is -2.19. The zero-order valence-electron chi connectivity index (χ0n) is 13.4. The lowest BCUT2D eigenvalue weighted by atomic mass is 10.1. The van der Waals surface area contributed by atoms with Gasteiger partial charge in [-0.15, -0.1) is 0 Å². The Labute approximate surface area is 140 Å². The number of benzene rings is 1. The first-order chi connectivity index (χ1) is 10.7. The fourth-order valence-corrected chi connectivity index (χ4v) is 1.90. The first kappa shape index (κ1) is 18.8. The van der Waals surface area contributed by atoms with Crippen LogP contribution in [0.3, 0.4) is 0 Å². The van der Waals surface area contributed by atoms with Gasteiger partial charge in [-0.25, -0.2) is 4.79 Å². The molecule has 2 N–H and O–H groups in total. The average molecular weight is 338 g/mol. The molecular formula is C16H20ClN3O3. The largest absolute Gasteiger partial charge is 0.444 e. The summed E-state index contributed by atoms with van der Waals surface area (Å²) in [5.41, 5.74) is 0.0126. The zero-order valence-corrected chi connectivity index (χ0v) is 14.1. The number of hydrogen-bond acceptors (Lipinski definition) is 4. The van der Waals surface area contributed by atoms with Gasteiger partial charge < -0.3 is 15.4 Å². The van der Waals surface area contributed by atoms with Gasteiger partial charge in [0.25, 0.3) is 0 Å². The third-order valence-electron chi connectivity index (χ3n) is 2.64. The Hall–Kier alpha value is -2.26. The molecule has 0 saturated heterocycles. The number of amides is 2. The van der Waals surface area contributed by atoms with Crippen molar-refractivity contribution in [3.63, 3.8) is 0 Å². The second-order valence-corrected chi connectivity index (χ2v) is 6.30. The molecular weight excluding hydrogens is 318 g/mol. The summed E-state index contributed by atoms with van der Waals surface area (Å²) in [6.45, 7) is 5.37. The summed E-state index contributed by atoms with van der Waals surface area (Å²) in [5.74, 6) is -0.354. The number of nitriles is 1. The quantitative estimate of drug-likeness (QED) is 0.864. The van der Waals surface area contributed by atoms with Crippen molar-refractivity contribution < 1.29 is 14.3 Å². The summed E-state index contributed by atoms with van der Waals surface area (Å²) in [7, 11) is 0. The monoisotopic (exact) mass is 337 g/mol. The molecule has 0 aliphatic heterocycles. The van der Waals surface area contributed by atoms with E-state index in [2.05, 4.69) is 10.6 Å². The Kier molecular flexibility index (Phi) is 6.86. The number of rotatable bonds is 5. The van der Waals surface area contributed by atoms with E-state index in [1.165, 1.54) is 0 Å². The second kappa shape index (κ2) is 8.39. The number of ether oxygens (including phenoxy) is 1. The SMILES string of the molecule is CC(C)(C)OC(=O)NCCC(=O)N[C@@H](C#N)c1cccc(Cl)c1. The van der Waals surface area contributed by atoms with Crippen LogP contribution < -0.4 is 10.6 Å². The number of halogens is 1. The molecule has 0 radical (unpaired) electrons.